The Morgan fingerprint density at radius 3 is 1.42 bits per heavy atom. The molecule has 1 heterocycles. The minimum Gasteiger partial charge on any atom is -0.456 e. The van der Waals surface area contributed by atoms with E-state index in [1.165, 1.54) is 82.4 Å². The Morgan fingerprint density at radius 1 is 0.236 bits per heavy atom. The van der Waals surface area contributed by atoms with Crippen molar-refractivity contribution in [3.05, 3.63) is 206 Å². The lowest BCUT2D eigenvalue weighted by Crippen LogP contribution is -1.93. The van der Waals surface area contributed by atoms with Crippen LogP contribution in [0.15, 0.2) is 211 Å². The molecule has 0 spiro atoms. The van der Waals surface area contributed by atoms with Gasteiger partial charge in [0.2, 0.25) is 0 Å². The first-order valence-electron chi connectivity index (χ1n) is 18.9. The third-order valence-corrected chi connectivity index (χ3v) is 11.3. The van der Waals surface area contributed by atoms with Gasteiger partial charge in [-0.15, -0.1) is 0 Å². The quantitative estimate of drug-likeness (QED) is 0.163. The summed E-state index contributed by atoms with van der Waals surface area (Å²) in [5, 5.41) is 9.81. The summed E-state index contributed by atoms with van der Waals surface area (Å²) in [4.78, 5) is 0. The van der Waals surface area contributed by atoms with Gasteiger partial charge in [-0.25, -0.2) is 0 Å². The zero-order valence-corrected chi connectivity index (χ0v) is 30.0. The van der Waals surface area contributed by atoms with E-state index in [1.807, 2.05) is 12.1 Å². The molecule has 0 amide bonds. The van der Waals surface area contributed by atoms with Crippen molar-refractivity contribution in [1.82, 2.24) is 0 Å². The van der Waals surface area contributed by atoms with Crippen molar-refractivity contribution < 1.29 is 4.42 Å². The van der Waals surface area contributed by atoms with E-state index in [2.05, 4.69) is 194 Å². The first kappa shape index (κ1) is 31.3. The smallest absolute Gasteiger partial charge is 0.135 e. The summed E-state index contributed by atoms with van der Waals surface area (Å²) in [6.45, 7) is 0. The van der Waals surface area contributed by atoms with Crippen molar-refractivity contribution in [1.29, 1.82) is 0 Å². The van der Waals surface area contributed by atoms with E-state index in [9.17, 15) is 0 Å². The first-order valence-corrected chi connectivity index (χ1v) is 18.9. The molecule has 1 heteroatoms. The second kappa shape index (κ2) is 12.7. The molecule has 0 saturated carbocycles. The van der Waals surface area contributed by atoms with Gasteiger partial charge in [-0.2, -0.15) is 0 Å². The maximum atomic E-state index is 6.22. The van der Waals surface area contributed by atoms with Crippen LogP contribution in [-0.4, -0.2) is 0 Å². The molecule has 1 aromatic heterocycles. The highest BCUT2D eigenvalue weighted by Gasteiger charge is 2.20. The molecular formula is C54H34O. The highest BCUT2D eigenvalue weighted by molar-refractivity contribution is 6.23. The van der Waals surface area contributed by atoms with Gasteiger partial charge in [-0.05, 0) is 106 Å². The molecule has 0 unspecified atom stereocenters. The van der Waals surface area contributed by atoms with Crippen LogP contribution >= 0.6 is 0 Å². The number of rotatable bonds is 5. The number of furan rings is 1. The standard InChI is InChI=1S/C54H34O/c1-2-14-36(15-3-1)41-24-13-25-42(39-32-33-51-49(34-39)43-19-10-11-27-50(43)55-51)52(41)37-28-30-38(31-29-37)53-45-20-6-8-22-47(45)54(48-23-9-7-21-46(48)53)44-26-12-17-35-16-4-5-18-40(35)44/h1-34H. The molecule has 0 bridgehead atoms. The summed E-state index contributed by atoms with van der Waals surface area (Å²) in [7, 11) is 0. The Bertz CT molecular complexity index is 3180. The molecular weight excluding hydrogens is 665 g/mol. The Hall–Kier alpha value is -7.22. The Morgan fingerprint density at radius 2 is 0.709 bits per heavy atom. The molecule has 0 aliphatic heterocycles. The number of benzene rings is 10. The van der Waals surface area contributed by atoms with E-state index in [1.54, 1.807) is 0 Å². The topological polar surface area (TPSA) is 13.1 Å². The van der Waals surface area contributed by atoms with Crippen molar-refractivity contribution >= 4 is 54.3 Å². The molecule has 0 fully saturated rings. The lowest BCUT2D eigenvalue weighted by molar-refractivity contribution is 0.669. The third kappa shape index (κ3) is 5.09. The molecule has 11 aromatic rings. The summed E-state index contributed by atoms with van der Waals surface area (Å²) < 4.78 is 6.22. The van der Waals surface area contributed by atoms with Crippen molar-refractivity contribution in [3.8, 4) is 55.6 Å². The molecule has 256 valence electrons. The molecule has 10 aromatic carbocycles. The molecule has 55 heavy (non-hydrogen) atoms. The van der Waals surface area contributed by atoms with Crippen LogP contribution in [0, 0.1) is 0 Å². The predicted molar refractivity (Wildman–Crippen MR) is 233 cm³/mol. The molecule has 1 nitrogen and oxygen atoms in total. The van der Waals surface area contributed by atoms with Gasteiger partial charge in [0.1, 0.15) is 11.2 Å². The van der Waals surface area contributed by atoms with E-state index in [0.29, 0.717) is 0 Å². The van der Waals surface area contributed by atoms with Gasteiger partial charge in [-0.1, -0.05) is 188 Å². The average Bonchev–Trinajstić information content (AvgIpc) is 3.63. The fourth-order valence-electron chi connectivity index (χ4n) is 8.83. The van der Waals surface area contributed by atoms with E-state index in [0.717, 1.165) is 27.5 Å². The zero-order chi connectivity index (χ0) is 36.3. The van der Waals surface area contributed by atoms with E-state index >= 15 is 0 Å². The monoisotopic (exact) mass is 698 g/mol. The molecule has 11 rings (SSSR count). The normalized spacial score (nSPS) is 11.6. The second-order valence-electron chi connectivity index (χ2n) is 14.3. The molecule has 0 aliphatic rings. The van der Waals surface area contributed by atoms with Crippen LogP contribution in [0.5, 0.6) is 0 Å². The fraction of sp³-hybridized carbons (Fsp3) is 0. The Balaban J connectivity index is 1.12. The van der Waals surface area contributed by atoms with Gasteiger partial charge in [0.15, 0.2) is 0 Å². The zero-order valence-electron chi connectivity index (χ0n) is 30.0. The minimum absolute atomic E-state index is 0.904. The van der Waals surface area contributed by atoms with Crippen LogP contribution < -0.4 is 0 Å². The van der Waals surface area contributed by atoms with Gasteiger partial charge >= 0.3 is 0 Å². The van der Waals surface area contributed by atoms with Crippen LogP contribution in [0.2, 0.25) is 0 Å². The maximum absolute atomic E-state index is 6.22. The van der Waals surface area contributed by atoms with Crippen LogP contribution in [0.4, 0.5) is 0 Å². The molecule has 0 radical (unpaired) electrons. The second-order valence-corrected chi connectivity index (χ2v) is 14.3. The van der Waals surface area contributed by atoms with E-state index in [-0.39, 0.29) is 0 Å². The first-order chi connectivity index (χ1) is 27.3. The molecule has 0 saturated heterocycles. The van der Waals surface area contributed by atoms with Crippen molar-refractivity contribution in [2.75, 3.05) is 0 Å². The minimum atomic E-state index is 0.904. The van der Waals surface area contributed by atoms with Gasteiger partial charge in [-0.3, -0.25) is 0 Å². The number of hydrogen-bond acceptors (Lipinski definition) is 1. The summed E-state index contributed by atoms with van der Waals surface area (Å²) in [6, 6.07) is 74.8. The number of para-hydroxylation sites is 1. The van der Waals surface area contributed by atoms with Gasteiger partial charge in [0.25, 0.3) is 0 Å². The maximum Gasteiger partial charge on any atom is 0.135 e. The van der Waals surface area contributed by atoms with Gasteiger partial charge < -0.3 is 4.42 Å². The number of hydrogen-bond donors (Lipinski definition) is 0. The number of fused-ring (bicyclic) bond motifs is 6. The van der Waals surface area contributed by atoms with Crippen molar-refractivity contribution in [2.45, 2.75) is 0 Å². The largest absolute Gasteiger partial charge is 0.456 e. The summed E-state index contributed by atoms with van der Waals surface area (Å²) in [6.07, 6.45) is 0. The average molecular weight is 699 g/mol. The van der Waals surface area contributed by atoms with E-state index in [4.69, 9.17) is 4.42 Å². The summed E-state index contributed by atoms with van der Waals surface area (Å²) in [5.74, 6) is 0. The molecule has 0 atom stereocenters. The van der Waals surface area contributed by atoms with Crippen LogP contribution in [0.3, 0.4) is 0 Å². The highest BCUT2D eigenvalue weighted by atomic mass is 16.3. The molecule has 0 N–H and O–H groups in total. The van der Waals surface area contributed by atoms with Crippen LogP contribution in [-0.2, 0) is 0 Å². The highest BCUT2D eigenvalue weighted by Crippen LogP contribution is 2.47. The summed E-state index contributed by atoms with van der Waals surface area (Å²) >= 11 is 0. The third-order valence-electron chi connectivity index (χ3n) is 11.3. The van der Waals surface area contributed by atoms with Crippen LogP contribution in [0.25, 0.3) is 110 Å². The van der Waals surface area contributed by atoms with Crippen molar-refractivity contribution in [2.24, 2.45) is 0 Å². The fourth-order valence-corrected chi connectivity index (χ4v) is 8.83. The van der Waals surface area contributed by atoms with Gasteiger partial charge in [0.05, 0.1) is 0 Å². The van der Waals surface area contributed by atoms with Crippen molar-refractivity contribution in [3.63, 3.8) is 0 Å². The SMILES string of the molecule is c1ccc(-c2cccc(-c3ccc4oc5ccccc5c4c3)c2-c2ccc(-c3c4ccccc4c(-c4cccc5ccccc45)c4ccccc34)cc2)cc1. The lowest BCUT2D eigenvalue weighted by atomic mass is 9.84. The van der Waals surface area contributed by atoms with E-state index < -0.39 is 0 Å². The van der Waals surface area contributed by atoms with Crippen LogP contribution in [0.1, 0.15) is 0 Å². The Kier molecular flexibility index (Phi) is 7.25. The Labute approximate surface area is 319 Å². The van der Waals surface area contributed by atoms with Gasteiger partial charge in [0, 0.05) is 10.8 Å². The lowest BCUT2D eigenvalue weighted by Gasteiger charge is -2.19. The predicted octanol–water partition coefficient (Wildman–Crippen LogP) is 15.4. The summed E-state index contributed by atoms with van der Waals surface area (Å²) in [5.41, 5.74) is 14.0. The molecule has 0 aliphatic carbocycles.